The lowest BCUT2D eigenvalue weighted by Crippen LogP contribution is -2.29. The van der Waals surface area contributed by atoms with E-state index in [-0.39, 0.29) is 12.1 Å². The standard InChI is InChI=1S/C12H15N3O/c1-9(12-3-2-6-16-12)15-10-4-5-14-11(7-10)8-13/h4-5,7,9,12H,2-3,6H2,1H3,(H,14,15). The number of ether oxygens (including phenoxy) is 1. The number of nitrogens with zero attached hydrogens (tertiary/aromatic N) is 2. The topological polar surface area (TPSA) is 57.9 Å². The van der Waals surface area contributed by atoms with Crippen molar-refractivity contribution >= 4 is 5.69 Å². The van der Waals surface area contributed by atoms with Gasteiger partial charge in [-0.25, -0.2) is 4.98 Å². The fraction of sp³-hybridized carbons (Fsp3) is 0.500. The lowest BCUT2D eigenvalue weighted by Gasteiger charge is -2.21. The lowest BCUT2D eigenvalue weighted by molar-refractivity contribution is 0.0996. The first-order valence-electron chi connectivity index (χ1n) is 5.54. The SMILES string of the molecule is CC(Nc1ccnc(C#N)c1)C1CCCO1. The Morgan fingerprint density at radius 1 is 1.69 bits per heavy atom. The largest absolute Gasteiger partial charge is 0.380 e. The average Bonchev–Trinajstić information content (AvgIpc) is 2.83. The number of nitrogens with one attached hydrogen (secondary N) is 1. The van der Waals surface area contributed by atoms with E-state index in [4.69, 9.17) is 10.00 Å². The van der Waals surface area contributed by atoms with E-state index >= 15 is 0 Å². The number of aromatic nitrogens is 1. The molecule has 1 aromatic heterocycles. The summed E-state index contributed by atoms with van der Waals surface area (Å²) in [6, 6.07) is 5.91. The second-order valence-electron chi connectivity index (χ2n) is 4.03. The first-order chi connectivity index (χ1) is 7.79. The van der Waals surface area contributed by atoms with E-state index in [1.807, 2.05) is 12.1 Å². The number of anilines is 1. The molecular formula is C12H15N3O. The van der Waals surface area contributed by atoms with Gasteiger partial charge in [-0.3, -0.25) is 0 Å². The summed E-state index contributed by atoms with van der Waals surface area (Å²) >= 11 is 0. The molecule has 1 aromatic rings. The van der Waals surface area contributed by atoms with Gasteiger partial charge >= 0.3 is 0 Å². The van der Waals surface area contributed by atoms with E-state index in [9.17, 15) is 0 Å². The van der Waals surface area contributed by atoms with Crippen LogP contribution in [-0.2, 0) is 4.74 Å². The molecule has 16 heavy (non-hydrogen) atoms. The highest BCUT2D eigenvalue weighted by Crippen LogP contribution is 2.19. The van der Waals surface area contributed by atoms with Crippen molar-refractivity contribution in [2.75, 3.05) is 11.9 Å². The van der Waals surface area contributed by atoms with Crippen LogP contribution in [0.4, 0.5) is 5.69 Å². The summed E-state index contributed by atoms with van der Waals surface area (Å²) in [6.07, 6.45) is 4.16. The molecular weight excluding hydrogens is 202 g/mol. The fourth-order valence-corrected chi connectivity index (χ4v) is 1.93. The van der Waals surface area contributed by atoms with Crippen LogP contribution in [0.25, 0.3) is 0 Å². The van der Waals surface area contributed by atoms with Gasteiger partial charge in [0.2, 0.25) is 0 Å². The van der Waals surface area contributed by atoms with Crippen molar-refractivity contribution in [1.29, 1.82) is 5.26 Å². The zero-order valence-electron chi connectivity index (χ0n) is 9.31. The number of rotatable bonds is 3. The van der Waals surface area contributed by atoms with Gasteiger partial charge in [0.25, 0.3) is 0 Å². The van der Waals surface area contributed by atoms with Crippen molar-refractivity contribution in [3.63, 3.8) is 0 Å². The van der Waals surface area contributed by atoms with Gasteiger partial charge in [-0.1, -0.05) is 0 Å². The molecule has 2 heterocycles. The van der Waals surface area contributed by atoms with E-state index in [1.165, 1.54) is 0 Å². The average molecular weight is 217 g/mol. The first-order valence-corrected chi connectivity index (χ1v) is 5.54. The summed E-state index contributed by atoms with van der Waals surface area (Å²) in [6.45, 7) is 2.96. The highest BCUT2D eigenvalue weighted by Gasteiger charge is 2.22. The lowest BCUT2D eigenvalue weighted by atomic mass is 10.1. The van der Waals surface area contributed by atoms with Crippen molar-refractivity contribution < 1.29 is 4.74 Å². The third kappa shape index (κ3) is 2.50. The van der Waals surface area contributed by atoms with Crippen LogP contribution in [0.1, 0.15) is 25.5 Å². The molecule has 0 bridgehead atoms. The van der Waals surface area contributed by atoms with Gasteiger partial charge < -0.3 is 10.1 Å². The molecule has 1 N–H and O–H groups in total. The van der Waals surface area contributed by atoms with Gasteiger partial charge in [-0.2, -0.15) is 5.26 Å². The zero-order valence-corrected chi connectivity index (χ0v) is 9.31. The molecule has 84 valence electrons. The molecule has 2 atom stereocenters. The molecule has 4 nitrogen and oxygen atoms in total. The quantitative estimate of drug-likeness (QED) is 0.840. The van der Waals surface area contributed by atoms with Crippen LogP contribution in [-0.4, -0.2) is 23.7 Å². The number of pyridine rings is 1. The Morgan fingerprint density at radius 2 is 2.56 bits per heavy atom. The summed E-state index contributed by atoms with van der Waals surface area (Å²) in [4.78, 5) is 3.93. The van der Waals surface area contributed by atoms with Crippen molar-refractivity contribution in [1.82, 2.24) is 4.98 Å². The van der Waals surface area contributed by atoms with Crippen molar-refractivity contribution in [2.45, 2.75) is 31.9 Å². The molecule has 2 unspecified atom stereocenters. The van der Waals surface area contributed by atoms with Crippen LogP contribution in [0.5, 0.6) is 0 Å². The van der Waals surface area contributed by atoms with Crippen LogP contribution in [0, 0.1) is 11.3 Å². The van der Waals surface area contributed by atoms with E-state index in [1.54, 1.807) is 12.3 Å². The van der Waals surface area contributed by atoms with Crippen LogP contribution in [0.15, 0.2) is 18.3 Å². The summed E-state index contributed by atoms with van der Waals surface area (Å²) in [7, 11) is 0. The van der Waals surface area contributed by atoms with Gasteiger partial charge in [0.05, 0.1) is 6.10 Å². The number of hydrogen-bond donors (Lipinski definition) is 1. The number of hydrogen-bond acceptors (Lipinski definition) is 4. The predicted octanol–water partition coefficient (Wildman–Crippen LogP) is 1.93. The molecule has 0 aromatic carbocycles. The Bertz CT molecular complexity index is 393. The first kappa shape index (κ1) is 10.9. The summed E-state index contributed by atoms with van der Waals surface area (Å²) < 4.78 is 5.60. The van der Waals surface area contributed by atoms with Crippen LogP contribution < -0.4 is 5.32 Å². The monoisotopic (exact) mass is 217 g/mol. The molecule has 0 spiro atoms. The Hall–Kier alpha value is -1.60. The summed E-state index contributed by atoms with van der Waals surface area (Å²) in [5, 5.41) is 12.1. The highest BCUT2D eigenvalue weighted by atomic mass is 16.5. The van der Waals surface area contributed by atoms with Gasteiger partial charge in [0, 0.05) is 24.5 Å². The summed E-state index contributed by atoms with van der Waals surface area (Å²) in [5.41, 5.74) is 1.36. The highest BCUT2D eigenvalue weighted by molar-refractivity contribution is 5.46. The second kappa shape index (κ2) is 4.95. The molecule has 1 fully saturated rings. The second-order valence-corrected chi connectivity index (χ2v) is 4.03. The molecule has 1 aliphatic heterocycles. The maximum atomic E-state index is 8.74. The predicted molar refractivity (Wildman–Crippen MR) is 61.0 cm³/mol. The molecule has 1 saturated heterocycles. The van der Waals surface area contributed by atoms with Gasteiger partial charge in [0.15, 0.2) is 0 Å². The smallest absolute Gasteiger partial charge is 0.142 e. The minimum atomic E-state index is 0.261. The Morgan fingerprint density at radius 3 is 3.25 bits per heavy atom. The van der Waals surface area contributed by atoms with E-state index in [0.717, 1.165) is 25.1 Å². The van der Waals surface area contributed by atoms with Crippen LogP contribution in [0.2, 0.25) is 0 Å². The molecule has 4 heteroatoms. The molecule has 0 aliphatic carbocycles. The Kier molecular flexibility index (Phi) is 3.37. The third-order valence-corrected chi connectivity index (χ3v) is 2.79. The molecule has 1 aliphatic rings. The van der Waals surface area contributed by atoms with Crippen LogP contribution >= 0.6 is 0 Å². The fourth-order valence-electron chi connectivity index (χ4n) is 1.93. The normalized spacial score (nSPS) is 21.4. The molecule has 2 rings (SSSR count). The zero-order chi connectivity index (χ0) is 11.4. The van der Waals surface area contributed by atoms with E-state index < -0.39 is 0 Å². The van der Waals surface area contributed by atoms with Gasteiger partial charge in [0.1, 0.15) is 11.8 Å². The minimum Gasteiger partial charge on any atom is -0.380 e. The minimum absolute atomic E-state index is 0.261. The maximum absolute atomic E-state index is 8.74. The molecule has 0 radical (unpaired) electrons. The Balaban J connectivity index is 2.00. The third-order valence-electron chi connectivity index (χ3n) is 2.79. The van der Waals surface area contributed by atoms with E-state index in [2.05, 4.69) is 17.2 Å². The van der Waals surface area contributed by atoms with Crippen molar-refractivity contribution in [2.24, 2.45) is 0 Å². The van der Waals surface area contributed by atoms with Gasteiger partial charge in [-0.05, 0) is 31.9 Å². The van der Waals surface area contributed by atoms with Crippen molar-refractivity contribution in [3.05, 3.63) is 24.0 Å². The number of nitriles is 1. The van der Waals surface area contributed by atoms with Crippen LogP contribution in [0.3, 0.4) is 0 Å². The van der Waals surface area contributed by atoms with Crippen molar-refractivity contribution in [3.8, 4) is 6.07 Å². The summed E-state index contributed by atoms with van der Waals surface area (Å²) in [5.74, 6) is 0. The van der Waals surface area contributed by atoms with E-state index in [0.29, 0.717) is 5.69 Å². The van der Waals surface area contributed by atoms with Gasteiger partial charge in [-0.15, -0.1) is 0 Å². The Labute approximate surface area is 95.3 Å². The maximum Gasteiger partial charge on any atom is 0.142 e. The molecule has 0 amide bonds. The molecule has 0 saturated carbocycles.